The van der Waals surface area contributed by atoms with E-state index in [1.807, 2.05) is 42.8 Å². The molecular formula is C18H20N4O2S3. The zero-order valence-electron chi connectivity index (χ0n) is 15.0. The lowest BCUT2D eigenvalue weighted by Crippen LogP contribution is -2.30. The number of anilines is 1. The number of nitrogens with zero attached hydrogens (tertiary/aromatic N) is 3. The number of aromatic nitrogens is 1. The average Bonchev–Trinajstić information content (AvgIpc) is 3.35. The van der Waals surface area contributed by atoms with Gasteiger partial charge >= 0.3 is 0 Å². The third-order valence-electron chi connectivity index (χ3n) is 3.87. The number of sulfonamides is 1. The highest BCUT2D eigenvalue weighted by atomic mass is 32.2. The predicted octanol–water partition coefficient (Wildman–Crippen LogP) is 4.35. The van der Waals surface area contributed by atoms with Gasteiger partial charge in [0.05, 0.1) is 16.8 Å². The molecule has 3 rings (SSSR count). The van der Waals surface area contributed by atoms with Gasteiger partial charge in [-0.15, -0.1) is 22.7 Å². The minimum absolute atomic E-state index is 0.280. The summed E-state index contributed by atoms with van der Waals surface area (Å²) in [5.74, 6) is 0. The SMILES string of the molecule is CCN(CC)S(=O)(=O)c1cccc(-c2csc(NN=Cc3cccs3)n2)c1. The Morgan fingerprint density at radius 2 is 2.00 bits per heavy atom. The van der Waals surface area contributed by atoms with Crippen molar-refractivity contribution in [1.29, 1.82) is 0 Å². The second kappa shape index (κ2) is 8.75. The van der Waals surface area contributed by atoms with E-state index in [2.05, 4.69) is 15.5 Å². The van der Waals surface area contributed by atoms with Crippen molar-refractivity contribution in [2.75, 3.05) is 18.5 Å². The summed E-state index contributed by atoms with van der Waals surface area (Å²) < 4.78 is 26.9. The summed E-state index contributed by atoms with van der Waals surface area (Å²) in [6, 6.07) is 10.8. The molecule has 2 heterocycles. The predicted molar refractivity (Wildman–Crippen MR) is 113 cm³/mol. The van der Waals surface area contributed by atoms with Gasteiger partial charge in [-0.1, -0.05) is 32.0 Å². The number of nitrogens with one attached hydrogen (secondary N) is 1. The standard InChI is InChI=1S/C18H20N4O2S3/c1-3-22(4-2)27(23,24)16-9-5-7-14(11-16)17-13-26-18(20-17)21-19-12-15-8-6-10-25-15/h5-13H,3-4H2,1-2H3,(H,20,21). The Morgan fingerprint density at radius 1 is 1.19 bits per heavy atom. The first-order chi connectivity index (χ1) is 13.0. The molecule has 0 saturated carbocycles. The van der Waals surface area contributed by atoms with Crippen LogP contribution in [-0.2, 0) is 10.0 Å². The van der Waals surface area contributed by atoms with Gasteiger partial charge in [-0.3, -0.25) is 5.43 Å². The van der Waals surface area contributed by atoms with E-state index in [4.69, 9.17) is 0 Å². The van der Waals surface area contributed by atoms with E-state index in [1.165, 1.54) is 15.6 Å². The van der Waals surface area contributed by atoms with E-state index in [0.717, 1.165) is 10.4 Å². The monoisotopic (exact) mass is 420 g/mol. The zero-order valence-corrected chi connectivity index (χ0v) is 17.4. The van der Waals surface area contributed by atoms with E-state index in [-0.39, 0.29) is 4.90 Å². The molecule has 0 aliphatic rings. The van der Waals surface area contributed by atoms with E-state index in [0.29, 0.717) is 23.9 Å². The summed E-state index contributed by atoms with van der Waals surface area (Å²) in [7, 11) is -3.49. The molecule has 0 unspecified atom stereocenters. The molecule has 0 spiro atoms. The Balaban J connectivity index is 1.79. The fourth-order valence-corrected chi connectivity index (χ4v) is 5.26. The van der Waals surface area contributed by atoms with Crippen molar-refractivity contribution in [3.8, 4) is 11.3 Å². The largest absolute Gasteiger partial charge is 0.253 e. The van der Waals surface area contributed by atoms with Crippen LogP contribution in [0.2, 0.25) is 0 Å². The average molecular weight is 421 g/mol. The molecule has 27 heavy (non-hydrogen) atoms. The van der Waals surface area contributed by atoms with E-state index >= 15 is 0 Å². The summed E-state index contributed by atoms with van der Waals surface area (Å²) in [6.45, 7) is 4.55. The molecule has 0 amide bonds. The highest BCUT2D eigenvalue weighted by Gasteiger charge is 2.22. The maximum atomic E-state index is 12.7. The Morgan fingerprint density at radius 3 is 2.70 bits per heavy atom. The molecule has 142 valence electrons. The first-order valence-electron chi connectivity index (χ1n) is 8.43. The smallest absolute Gasteiger partial charge is 0.243 e. The first kappa shape index (κ1) is 19.7. The molecule has 9 heteroatoms. The number of thiazole rings is 1. The van der Waals surface area contributed by atoms with Crippen LogP contribution in [0.15, 0.2) is 57.2 Å². The molecule has 1 N–H and O–H groups in total. The van der Waals surface area contributed by atoms with Crippen molar-refractivity contribution in [3.05, 3.63) is 52.0 Å². The van der Waals surface area contributed by atoms with Gasteiger partial charge in [-0.25, -0.2) is 13.4 Å². The summed E-state index contributed by atoms with van der Waals surface area (Å²) in [5, 5.41) is 8.69. The quantitative estimate of drug-likeness (QED) is 0.434. The summed E-state index contributed by atoms with van der Waals surface area (Å²) >= 11 is 3.02. The zero-order chi connectivity index (χ0) is 19.3. The van der Waals surface area contributed by atoms with Crippen molar-refractivity contribution in [2.45, 2.75) is 18.7 Å². The molecule has 1 aromatic carbocycles. The van der Waals surface area contributed by atoms with Crippen LogP contribution >= 0.6 is 22.7 Å². The number of hydrogen-bond acceptors (Lipinski definition) is 7. The number of benzene rings is 1. The Bertz CT molecular complexity index is 1010. The van der Waals surface area contributed by atoms with Crippen molar-refractivity contribution in [1.82, 2.24) is 9.29 Å². The van der Waals surface area contributed by atoms with Gasteiger partial charge in [0.15, 0.2) is 0 Å². The Kier molecular flexibility index (Phi) is 6.38. The lowest BCUT2D eigenvalue weighted by atomic mass is 10.2. The Labute approximate surface area is 167 Å². The van der Waals surface area contributed by atoms with Gasteiger partial charge in [-0.05, 0) is 23.6 Å². The van der Waals surface area contributed by atoms with Crippen LogP contribution in [0.25, 0.3) is 11.3 Å². The van der Waals surface area contributed by atoms with Crippen molar-refractivity contribution >= 4 is 44.0 Å². The first-order valence-corrected chi connectivity index (χ1v) is 11.6. The number of hydrogen-bond donors (Lipinski definition) is 1. The minimum atomic E-state index is -3.49. The van der Waals surface area contributed by atoms with Gasteiger partial charge in [-0.2, -0.15) is 9.41 Å². The van der Waals surface area contributed by atoms with Crippen molar-refractivity contribution < 1.29 is 8.42 Å². The van der Waals surface area contributed by atoms with E-state index < -0.39 is 10.0 Å². The number of rotatable bonds is 8. The highest BCUT2D eigenvalue weighted by Crippen LogP contribution is 2.27. The van der Waals surface area contributed by atoms with Gasteiger partial charge in [0, 0.05) is 28.9 Å². The molecule has 2 aromatic heterocycles. The lowest BCUT2D eigenvalue weighted by molar-refractivity contribution is 0.445. The minimum Gasteiger partial charge on any atom is -0.253 e. The third kappa shape index (κ3) is 4.62. The molecule has 0 aliphatic heterocycles. The lowest BCUT2D eigenvalue weighted by Gasteiger charge is -2.18. The molecule has 3 aromatic rings. The molecule has 0 aliphatic carbocycles. The summed E-state index contributed by atoms with van der Waals surface area (Å²) in [5.41, 5.74) is 4.38. The van der Waals surface area contributed by atoms with Crippen molar-refractivity contribution in [2.24, 2.45) is 5.10 Å². The van der Waals surface area contributed by atoms with Gasteiger partial charge in [0.2, 0.25) is 15.2 Å². The molecular weight excluding hydrogens is 400 g/mol. The topological polar surface area (TPSA) is 74.7 Å². The van der Waals surface area contributed by atoms with Crippen LogP contribution < -0.4 is 5.43 Å². The highest BCUT2D eigenvalue weighted by molar-refractivity contribution is 7.89. The molecule has 6 nitrogen and oxygen atoms in total. The number of thiophene rings is 1. The Hall–Kier alpha value is -2.07. The molecule has 0 saturated heterocycles. The van der Waals surface area contributed by atoms with Crippen LogP contribution in [0, 0.1) is 0 Å². The maximum absolute atomic E-state index is 12.7. The fraction of sp³-hybridized carbons (Fsp3) is 0.222. The molecule has 0 bridgehead atoms. The van der Waals surface area contributed by atoms with Gasteiger partial charge in [0.25, 0.3) is 0 Å². The van der Waals surface area contributed by atoms with E-state index in [9.17, 15) is 8.42 Å². The third-order valence-corrected chi connectivity index (χ3v) is 7.47. The molecule has 0 fully saturated rings. The number of hydrazone groups is 1. The fourth-order valence-electron chi connectivity index (χ4n) is 2.50. The maximum Gasteiger partial charge on any atom is 0.243 e. The van der Waals surface area contributed by atoms with Crippen LogP contribution in [0.3, 0.4) is 0 Å². The molecule has 0 radical (unpaired) electrons. The normalized spacial score (nSPS) is 12.1. The second-order valence-corrected chi connectivity index (χ2v) is 9.32. The summed E-state index contributed by atoms with van der Waals surface area (Å²) in [4.78, 5) is 5.83. The van der Waals surface area contributed by atoms with Crippen LogP contribution in [-0.4, -0.2) is 37.0 Å². The van der Waals surface area contributed by atoms with Crippen LogP contribution in [0.1, 0.15) is 18.7 Å². The second-order valence-electron chi connectivity index (χ2n) is 5.54. The van der Waals surface area contributed by atoms with Crippen molar-refractivity contribution in [3.63, 3.8) is 0 Å². The summed E-state index contributed by atoms with van der Waals surface area (Å²) in [6.07, 6.45) is 1.74. The van der Waals surface area contributed by atoms with Crippen LogP contribution in [0.4, 0.5) is 5.13 Å². The molecule has 0 atom stereocenters. The van der Waals surface area contributed by atoms with E-state index in [1.54, 1.807) is 35.8 Å². The van der Waals surface area contributed by atoms with Gasteiger partial charge in [0.1, 0.15) is 0 Å². The van der Waals surface area contributed by atoms with Gasteiger partial charge < -0.3 is 0 Å². The van der Waals surface area contributed by atoms with Crippen LogP contribution in [0.5, 0.6) is 0 Å².